The molecule has 0 spiro atoms. The molecule has 0 saturated carbocycles. The zero-order chi connectivity index (χ0) is 21.9. The van der Waals surface area contributed by atoms with Crippen LogP contribution >= 0.6 is 0 Å². The first kappa shape index (κ1) is 22.5. The lowest BCUT2D eigenvalue weighted by atomic mass is 10.0. The van der Waals surface area contributed by atoms with Crippen molar-refractivity contribution in [2.75, 3.05) is 13.2 Å². The lowest BCUT2D eigenvalue weighted by molar-refractivity contribution is -0.133. The van der Waals surface area contributed by atoms with Crippen molar-refractivity contribution < 1.29 is 19.4 Å². The number of ether oxygens (including phenoxy) is 2. The maximum Gasteiger partial charge on any atom is 0.250 e. The van der Waals surface area contributed by atoms with E-state index in [1.165, 1.54) is 0 Å². The van der Waals surface area contributed by atoms with Crippen molar-refractivity contribution >= 4 is 5.91 Å². The van der Waals surface area contributed by atoms with Gasteiger partial charge in [0.2, 0.25) is 5.91 Å². The molecule has 2 atom stereocenters. The van der Waals surface area contributed by atoms with Gasteiger partial charge < -0.3 is 19.9 Å². The van der Waals surface area contributed by atoms with Crippen LogP contribution in [-0.4, -0.2) is 30.3 Å². The highest BCUT2D eigenvalue weighted by Crippen LogP contribution is 2.17. The molecule has 0 heterocycles. The molecular formula is C26H29NO4. The molecule has 0 aromatic heterocycles. The fourth-order valence-electron chi connectivity index (χ4n) is 3.29. The second-order valence-corrected chi connectivity index (χ2v) is 7.22. The molecule has 0 aliphatic rings. The van der Waals surface area contributed by atoms with Crippen molar-refractivity contribution in [3.63, 3.8) is 0 Å². The van der Waals surface area contributed by atoms with Crippen molar-refractivity contribution in [3.8, 4) is 5.75 Å². The number of hydrogen-bond donors (Lipinski definition) is 2. The Balaban J connectivity index is 1.59. The van der Waals surface area contributed by atoms with E-state index in [2.05, 4.69) is 5.32 Å². The first-order valence-corrected chi connectivity index (χ1v) is 10.5. The Morgan fingerprint density at radius 1 is 0.903 bits per heavy atom. The Morgan fingerprint density at radius 2 is 1.55 bits per heavy atom. The molecule has 3 aromatic carbocycles. The van der Waals surface area contributed by atoms with E-state index < -0.39 is 12.1 Å². The number of benzene rings is 3. The molecule has 0 saturated heterocycles. The SMILES string of the molecule is CCOC(Cc1ccc(OCc2ccccc2)cc1)C(=O)NC(CO)c1ccccc1. The molecule has 31 heavy (non-hydrogen) atoms. The third-order valence-corrected chi connectivity index (χ3v) is 4.95. The molecule has 3 aromatic rings. The summed E-state index contributed by atoms with van der Waals surface area (Å²) in [6, 6.07) is 26.6. The molecule has 0 aliphatic heterocycles. The van der Waals surface area contributed by atoms with Crippen LogP contribution in [0.15, 0.2) is 84.9 Å². The highest BCUT2D eigenvalue weighted by Gasteiger charge is 2.23. The van der Waals surface area contributed by atoms with Crippen LogP contribution in [0.4, 0.5) is 0 Å². The van der Waals surface area contributed by atoms with Gasteiger partial charge in [0.1, 0.15) is 18.5 Å². The van der Waals surface area contributed by atoms with E-state index in [9.17, 15) is 9.90 Å². The van der Waals surface area contributed by atoms with Gasteiger partial charge in [0.15, 0.2) is 0 Å². The Labute approximate surface area is 183 Å². The van der Waals surface area contributed by atoms with Gasteiger partial charge >= 0.3 is 0 Å². The summed E-state index contributed by atoms with van der Waals surface area (Å²) in [5.74, 6) is 0.531. The Hall–Kier alpha value is -3.15. The van der Waals surface area contributed by atoms with E-state index in [1.54, 1.807) is 0 Å². The number of carbonyl (C=O) groups is 1. The predicted molar refractivity (Wildman–Crippen MR) is 121 cm³/mol. The van der Waals surface area contributed by atoms with Crippen molar-refractivity contribution in [2.24, 2.45) is 0 Å². The highest BCUT2D eigenvalue weighted by atomic mass is 16.5. The second-order valence-electron chi connectivity index (χ2n) is 7.22. The predicted octanol–water partition coefficient (Wildman–Crippen LogP) is 4.06. The second kappa shape index (κ2) is 11.9. The molecule has 0 radical (unpaired) electrons. The van der Waals surface area contributed by atoms with Crippen LogP contribution in [0.2, 0.25) is 0 Å². The van der Waals surface area contributed by atoms with Gasteiger partial charge in [0.05, 0.1) is 12.6 Å². The largest absolute Gasteiger partial charge is 0.489 e. The summed E-state index contributed by atoms with van der Waals surface area (Å²) in [7, 11) is 0. The van der Waals surface area contributed by atoms with Crippen LogP contribution in [0.5, 0.6) is 5.75 Å². The summed E-state index contributed by atoms with van der Waals surface area (Å²) in [6.45, 7) is 2.61. The van der Waals surface area contributed by atoms with E-state index >= 15 is 0 Å². The van der Waals surface area contributed by atoms with Gasteiger partial charge in [-0.15, -0.1) is 0 Å². The van der Waals surface area contributed by atoms with Crippen LogP contribution in [0.3, 0.4) is 0 Å². The standard InChI is InChI=1S/C26H29NO4/c1-2-30-25(26(29)27-24(18-28)22-11-7-4-8-12-22)17-20-13-15-23(16-14-20)31-19-21-9-5-3-6-10-21/h3-16,24-25,28H,2,17-19H2,1H3,(H,27,29). The molecular weight excluding hydrogens is 390 g/mol. The molecule has 5 nitrogen and oxygen atoms in total. The maximum atomic E-state index is 12.8. The van der Waals surface area contributed by atoms with Crippen molar-refractivity contribution in [1.82, 2.24) is 5.32 Å². The highest BCUT2D eigenvalue weighted by molar-refractivity contribution is 5.81. The number of carbonyl (C=O) groups excluding carboxylic acids is 1. The van der Waals surface area contributed by atoms with Crippen LogP contribution < -0.4 is 10.1 Å². The molecule has 0 bridgehead atoms. The lowest BCUT2D eigenvalue weighted by Gasteiger charge is -2.22. The lowest BCUT2D eigenvalue weighted by Crippen LogP contribution is -2.41. The van der Waals surface area contributed by atoms with Crippen LogP contribution in [0, 0.1) is 0 Å². The Bertz CT molecular complexity index is 913. The van der Waals surface area contributed by atoms with Gasteiger partial charge in [-0.05, 0) is 35.7 Å². The molecule has 1 amide bonds. The van der Waals surface area contributed by atoms with Crippen LogP contribution in [0.1, 0.15) is 29.7 Å². The topological polar surface area (TPSA) is 67.8 Å². The van der Waals surface area contributed by atoms with E-state index in [0.29, 0.717) is 19.6 Å². The molecule has 0 aliphatic carbocycles. The summed E-state index contributed by atoms with van der Waals surface area (Å²) in [4.78, 5) is 12.8. The van der Waals surface area contributed by atoms with Crippen molar-refractivity contribution in [3.05, 3.63) is 102 Å². The third kappa shape index (κ3) is 6.95. The third-order valence-electron chi connectivity index (χ3n) is 4.95. The monoisotopic (exact) mass is 419 g/mol. The summed E-state index contributed by atoms with van der Waals surface area (Å²) < 4.78 is 11.5. The molecule has 5 heteroatoms. The average molecular weight is 420 g/mol. The number of amides is 1. The van der Waals surface area contributed by atoms with E-state index in [4.69, 9.17) is 9.47 Å². The number of hydrogen-bond acceptors (Lipinski definition) is 4. The summed E-state index contributed by atoms with van der Waals surface area (Å²) >= 11 is 0. The average Bonchev–Trinajstić information content (AvgIpc) is 2.83. The number of rotatable bonds is 11. The van der Waals surface area contributed by atoms with Crippen LogP contribution in [-0.2, 0) is 22.6 Å². The minimum absolute atomic E-state index is 0.179. The summed E-state index contributed by atoms with van der Waals surface area (Å²) in [5.41, 5.74) is 2.94. The van der Waals surface area contributed by atoms with Crippen molar-refractivity contribution in [2.45, 2.75) is 32.1 Å². The van der Waals surface area contributed by atoms with Crippen molar-refractivity contribution in [1.29, 1.82) is 0 Å². The van der Waals surface area contributed by atoms with Gasteiger partial charge in [-0.25, -0.2) is 0 Å². The van der Waals surface area contributed by atoms with E-state index in [1.807, 2.05) is 91.9 Å². The molecule has 3 rings (SSSR count). The molecule has 2 unspecified atom stereocenters. The Kier molecular flexibility index (Phi) is 8.64. The fraction of sp³-hybridized carbons (Fsp3) is 0.269. The molecule has 2 N–H and O–H groups in total. The van der Waals surface area contributed by atoms with E-state index in [0.717, 1.165) is 22.4 Å². The molecule has 0 fully saturated rings. The molecule has 162 valence electrons. The van der Waals surface area contributed by atoms with Crippen LogP contribution in [0.25, 0.3) is 0 Å². The zero-order valence-corrected chi connectivity index (χ0v) is 17.7. The Morgan fingerprint density at radius 3 is 2.16 bits per heavy atom. The maximum absolute atomic E-state index is 12.8. The summed E-state index contributed by atoms with van der Waals surface area (Å²) in [5, 5.41) is 12.6. The van der Waals surface area contributed by atoms with Gasteiger partial charge in [0, 0.05) is 13.0 Å². The van der Waals surface area contributed by atoms with E-state index in [-0.39, 0.29) is 12.5 Å². The minimum Gasteiger partial charge on any atom is -0.489 e. The first-order chi connectivity index (χ1) is 15.2. The minimum atomic E-state index is -0.640. The van der Waals surface area contributed by atoms with Gasteiger partial charge in [-0.3, -0.25) is 4.79 Å². The van der Waals surface area contributed by atoms with Gasteiger partial charge in [-0.1, -0.05) is 72.8 Å². The number of aliphatic hydroxyl groups excluding tert-OH is 1. The zero-order valence-electron chi connectivity index (χ0n) is 17.7. The van der Waals surface area contributed by atoms with Gasteiger partial charge in [0.25, 0.3) is 0 Å². The van der Waals surface area contributed by atoms with Gasteiger partial charge in [-0.2, -0.15) is 0 Å². The smallest absolute Gasteiger partial charge is 0.250 e. The quantitative estimate of drug-likeness (QED) is 0.492. The number of nitrogens with one attached hydrogen (secondary N) is 1. The first-order valence-electron chi connectivity index (χ1n) is 10.5. The fourth-order valence-corrected chi connectivity index (χ4v) is 3.29. The number of aliphatic hydroxyl groups is 1. The normalized spacial score (nSPS) is 12.7. The summed E-state index contributed by atoms with van der Waals surface area (Å²) in [6.07, 6.45) is -0.204.